The van der Waals surface area contributed by atoms with E-state index in [1.165, 1.54) is 38.5 Å². The summed E-state index contributed by atoms with van der Waals surface area (Å²) < 4.78 is 10.1. The largest absolute Gasteiger partial charge is 0.504 e. The van der Waals surface area contributed by atoms with Crippen LogP contribution in [-0.4, -0.2) is 49.3 Å². The fraction of sp³-hybridized carbons (Fsp3) is 0.357. The number of unbranched alkanes of at least 4 members (excludes halogenated alkanes) is 5. The van der Waals surface area contributed by atoms with Gasteiger partial charge in [0.15, 0.2) is 23.0 Å². The summed E-state index contributed by atoms with van der Waals surface area (Å²) in [7, 11) is 2.96. The second-order valence-electron chi connectivity index (χ2n) is 8.23. The minimum Gasteiger partial charge on any atom is -0.504 e. The highest BCUT2D eigenvalue weighted by Crippen LogP contribution is 2.27. The first kappa shape index (κ1) is 28.3. The van der Waals surface area contributed by atoms with E-state index in [0.717, 1.165) is 49.7 Å². The third kappa shape index (κ3) is 10.5. The van der Waals surface area contributed by atoms with Gasteiger partial charge in [0, 0.05) is 25.2 Å². The van der Waals surface area contributed by atoms with Gasteiger partial charge < -0.3 is 30.3 Å². The Balaban J connectivity index is 1.49. The number of amides is 2. The lowest BCUT2D eigenvalue weighted by molar-refractivity contribution is -0.117. The summed E-state index contributed by atoms with van der Waals surface area (Å²) in [5, 5.41) is 24.9. The van der Waals surface area contributed by atoms with Crippen molar-refractivity contribution in [3.05, 3.63) is 59.7 Å². The summed E-state index contributed by atoms with van der Waals surface area (Å²) in [5.41, 5.74) is 1.54. The zero-order valence-electron chi connectivity index (χ0n) is 21.0. The van der Waals surface area contributed by atoms with E-state index in [-0.39, 0.29) is 23.3 Å². The molecule has 0 bridgehead atoms. The summed E-state index contributed by atoms with van der Waals surface area (Å²) in [5.74, 6) is 0.537. The second kappa shape index (κ2) is 15.9. The van der Waals surface area contributed by atoms with Crippen LogP contribution in [0.3, 0.4) is 0 Å². The summed E-state index contributed by atoms with van der Waals surface area (Å²) in [6, 6.07) is 9.80. The lowest BCUT2D eigenvalue weighted by Gasteiger charge is -2.05. The van der Waals surface area contributed by atoms with Crippen molar-refractivity contribution in [1.29, 1.82) is 0 Å². The number of carbonyl (C=O) groups excluding carboxylic acids is 2. The van der Waals surface area contributed by atoms with Gasteiger partial charge in [-0.25, -0.2) is 0 Å². The highest BCUT2D eigenvalue weighted by atomic mass is 16.5. The van der Waals surface area contributed by atoms with E-state index in [0.29, 0.717) is 24.6 Å². The average molecular weight is 497 g/mol. The van der Waals surface area contributed by atoms with Crippen LogP contribution in [0.5, 0.6) is 23.0 Å². The molecular formula is C28H36N2O6. The molecule has 0 aromatic heterocycles. The Morgan fingerprint density at radius 3 is 1.47 bits per heavy atom. The summed E-state index contributed by atoms with van der Waals surface area (Å²) in [6.07, 6.45) is 12.3. The molecule has 0 aliphatic carbocycles. The molecule has 0 spiro atoms. The number of hydrogen-bond acceptors (Lipinski definition) is 6. The normalized spacial score (nSPS) is 11.1. The van der Waals surface area contributed by atoms with Crippen LogP contribution in [0.25, 0.3) is 12.2 Å². The zero-order chi connectivity index (χ0) is 26.2. The first-order valence-corrected chi connectivity index (χ1v) is 12.1. The van der Waals surface area contributed by atoms with Crippen LogP contribution < -0.4 is 20.1 Å². The third-order valence-corrected chi connectivity index (χ3v) is 5.46. The zero-order valence-corrected chi connectivity index (χ0v) is 21.0. The molecule has 0 fully saturated rings. The summed E-state index contributed by atoms with van der Waals surface area (Å²) >= 11 is 0. The summed E-state index contributed by atoms with van der Waals surface area (Å²) in [6.45, 7) is 1.24. The van der Waals surface area contributed by atoms with Crippen LogP contribution in [-0.2, 0) is 9.59 Å². The van der Waals surface area contributed by atoms with Gasteiger partial charge in [-0.1, -0.05) is 37.8 Å². The minimum atomic E-state index is -0.156. The molecule has 0 heterocycles. The van der Waals surface area contributed by atoms with Crippen LogP contribution in [0.1, 0.15) is 49.7 Å². The highest BCUT2D eigenvalue weighted by molar-refractivity contribution is 5.92. The van der Waals surface area contributed by atoms with Gasteiger partial charge in [0.1, 0.15) is 0 Å². The topological polar surface area (TPSA) is 117 Å². The molecule has 8 nitrogen and oxygen atoms in total. The van der Waals surface area contributed by atoms with Gasteiger partial charge >= 0.3 is 0 Å². The number of benzene rings is 2. The molecule has 0 atom stereocenters. The molecule has 0 aliphatic rings. The number of rotatable bonds is 15. The van der Waals surface area contributed by atoms with Crippen molar-refractivity contribution < 1.29 is 29.3 Å². The van der Waals surface area contributed by atoms with E-state index < -0.39 is 0 Å². The first-order valence-electron chi connectivity index (χ1n) is 12.1. The second-order valence-corrected chi connectivity index (χ2v) is 8.23. The molecule has 2 amide bonds. The number of phenols is 2. The van der Waals surface area contributed by atoms with E-state index >= 15 is 0 Å². The van der Waals surface area contributed by atoms with Crippen LogP contribution >= 0.6 is 0 Å². The monoisotopic (exact) mass is 496 g/mol. The smallest absolute Gasteiger partial charge is 0.243 e. The van der Waals surface area contributed by atoms with Crippen LogP contribution in [0.4, 0.5) is 0 Å². The fourth-order valence-corrected chi connectivity index (χ4v) is 3.44. The third-order valence-electron chi connectivity index (χ3n) is 5.46. The van der Waals surface area contributed by atoms with E-state index in [4.69, 9.17) is 9.47 Å². The first-order chi connectivity index (χ1) is 17.4. The Kier molecular flexibility index (Phi) is 12.5. The predicted molar refractivity (Wildman–Crippen MR) is 141 cm³/mol. The minimum absolute atomic E-state index is 0.0599. The van der Waals surface area contributed by atoms with Gasteiger partial charge in [-0.15, -0.1) is 0 Å². The molecule has 0 unspecified atom stereocenters. The van der Waals surface area contributed by atoms with Crippen molar-refractivity contribution in [2.24, 2.45) is 0 Å². The number of aromatic hydroxyl groups is 2. The SMILES string of the molecule is COc1cc(/C=C/C(=O)NCCCCCCCCNC(=O)/C=C/c2ccc(O)c(OC)c2)ccc1O. The maximum Gasteiger partial charge on any atom is 0.243 e. The highest BCUT2D eigenvalue weighted by Gasteiger charge is 2.03. The van der Waals surface area contributed by atoms with Crippen molar-refractivity contribution in [2.75, 3.05) is 27.3 Å². The van der Waals surface area contributed by atoms with Crippen molar-refractivity contribution >= 4 is 24.0 Å². The Labute approximate surface area is 212 Å². The van der Waals surface area contributed by atoms with Crippen molar-refractivity contribution in [3.8, 4) is 23.0 Å². The molecule has 194 valence electrons. The van der Waals surface area contributed by atoms with E-state index in [9.17, 15) is 19.8 Å². The van der Waals surface area contributed by atoms with Gasteiger partial charge in [-0.05, 0) is 60.4 Å². The van der Waals surface area contributed by atoms with Gasteiger partial charge in [-0.2, -0.15) is 0 Å². The standard InChI is InChI=1S/C28H36N2O6/c1-35-25-19-21(9-13-23(25)31)11-15-27(33)29-17-7-5-3-4-6-8-18-30-28(34)16-12-22-10-14-24(32)26(20-22)36-2/h9-16,19-20,31-32H,3-8,17-18H2,1-2H3,(H,29,33)(H,30,34)/b15-11+,16-12+. The molecule has 4 N–H and O–H groups in total. The Bertz CT molecular complexity index is 965. The molecule has 8 heteroatoms. The number of carbonyl (C=O) groups is 2. The molecule has 0 radical (unpaired) electrons. The summed E-state index contributed by atoms with van der Waals surface area (Å²) in [4.78, 5) is 23.9. The lowest BCUT2D eigenvalue weighted by atomic mass is 10.1. The number of methoxy groups -OCH3 is 2. The molecular weight excluding hydrogens is 460 g/mol. The molecule has 2 aromatic carbocycles. The Morgan fingerprint density at radius 1 is 0.694 bits per heavy atom. The molecule has 2 aromatic rings. The van der Waals surface area contributed by atoms with E-state index in [1.807, 2.05) is 0 Å². The fourth-order valence-electron chi connectivity index (χ4n) is 3.44. The molecule has 0 aliphatic heterocycles. The Hall–Kier alpha value is -3.94. The van der Waals surface area contributed by atoms with Crippen molar-refractivity contribution in [1.82, 2.24) is 10.6 Å². The predicted octanol–water partition coefficient (Wildman–Crippen LogP) is 4.41. The van der Waals surface area contributed by atoms with Gasteiger partial charge in [-0.3, -0.25) is 9.59 Å². The quantitative estimate of drug-likeness (QED) is 0.214. The molecule has 36 heavy (non-hydrogen) atoms. The lowest BCUT2D eigenvalue weighted by Crippen LogP contribution is -2.22. The Morgan fingerprint density at radius 2 is 1.08 bits per heavy atom. The van der Waals surface area contributed by atoms with Gasteiger partial charge in [0.05, 0.1) is 14.2 Å². The number of phenolic OH excluding ortho intramolecular Hbond substituents is 2. The number of nitrogens with one attached hydrogen (secondary N) is 2. The maximum atomic E-state index is 11.9. The van der Waals surface area contributed by atoms with Crippen LogP contribution in [0.15, 0.2) is 48.6 Å². The van der Waals surface area contributed by atoms with Gasteiger partial charge in [0.25, 0.3) is 0 Å². The number of ether oxygens (including phenoxy) is 2. The molecule has 0 saturated heterocycles. The maximum absolute atomic E-state index is 11.9. The van der Waals surface area contributed by atoms with E-state index in [2.05, 4.69) is 10.6 Å². The van der Waals surface area contributed by atoms with Crippen LogP contribution in [0, 0.1) is 0 Å². The van der Waals surface area contributed by atoms with Gasteiger partial charge in [0.2, 0.25) is 11.8 Å². The molecule has 0 saturated carbocycles. The van der Waals surface area contributed by atoms with E-state index in [1.54, 1.807) is 36.4 Å². The van der Waals surface area contributed by atoms with Crippen molar-refractivity contribution in [2.45, 2.75) is 38.5 Å². The van der Waals surface area contributed by atoms with Crippen molar-refractivity contribution in [3.63, 3.8) is 0 Å². The molecule has 2 rings (SSSR count). The average Bonchev–Trinajstić information content (AvgIpc) is 2.88. The number of hydrogen-bond donors (Lipinski definition) is 4. The van der Waals surface area contributed by atoms with Crippen LogP contribution in [0.2, 0.25) is 0 Å².